The molecule has 61 heavy (non-hydrogen) atoms. The van der Waals surface area contributed by atoms with Gasteiger partial charge in [-0.25, -0.2) is 0 Å². The van der Waals surface area contributed by atoms with E-state index in [9.17, 15) is 25.2 Å². The van der Waals surface area contributed by atoms with Crippen molar-refractivity contribution in [3.63, 3.8) is 0 Å². The highest BCUT2D eigenvalue weighted by Gasteiger charge is 2.44. The van der Waals surface area contributed by atoms with Crippen LogP contribution in [0.25, 0.3) is 0 Å². The van der Waals surface area contributed by atoms with Crippen molar-refractivity contribution < 1.29 is 44.2 Å². The molecule has 1 fully saturated rings. The molecule has 352 valence electrons. The Kier molecular flexibility index (Phi) is 39.8. The van der Waals surface area contributed by atoms with Gasteiger partial charge < -0.3 is 39.4 Å². The maximum Gasteiger partial charge on any atom is 0.306 e. The second-order valence-electron chi connectivity index (χ2n) is 16.5. The lowest BCUT2D eigenvalue weighted by molar-refractivity contribution is -0.305. The monoisotopic (exact) mass is 859 g/mol. The SMILES string of the molecule is CC/C=C\C/C=C\C/C=C\C/C=C\C/C=C\CCCCCCCCCCCCOCC(COC1OC(CO)C(O)C(O)C1O)OC(=O)CCCCCCC/C=C\CCCCC. The average molecular weight is 859 g/mol. The summed E-state index contributed by atoms with van der Waals surface area (Å²) in [6.45, 7) is 4.39. The molecule has 1 rings (SSSR count). The number of carbonyl (C=O) groups is 1. The zero-order chi connectivity index (χ0) is 44.3. The average Bonchev–Trinajstić information content (AvgIpc) is 3.26. The van der Waals surface area contributed by atoms with Crippen LogP contribution in [0.15, 0.2) is 72.9 Å². The molecule has 9 nitrogen and oxygen atoms in total. The maximum atomic E-state index is 12.8. The summed E-state index contributed by atoms with van der Waals surface area (Å²) >= 11 is 0. The second kappa shape index (κ2) is 42.9. The second-order valence-corrected chi connectivity index (χ2v) is 16.5. The third kappa shape index (κ3) is 33.8. The third-order valence-corrected chi connectivity index (χ3v) is 10.9. The lowest BCUT2D eigenvalue weighted by atomic mass is 9.99. The molecule has 0 bridgehead atoms. The molecule has 0 spiro atoms. The van der Waals surface area contributed by atoms with Crippen LogP contribution in [0.2, 0.25) is 0 Å². The van der Waals surface area contributed by atoms with Crippen molar-refractivity contribution in [2.45, 2.75) is 224 Å². The molecule has 0 aromatic heterocycles. The van der Waals surface area contributed by atoms with Gasteiger partial charge in [0.15, 0.2) is 6.29 Å². The van der Waals surface area contributed by atoms with E-state index in [1.54, 1.807) is 0 Å². The number of allylic oxidation sites excluding steroid dienone is 12. The fourth-order valence-corrected chi connectivity index (χ4v) is 7.04. The number of carbonyl (C=O) groups excluding carboxylic acids is 1. The number of hydrogen-bond donors (Lipinski definition) is 4. The Morgan fingerprint density at radius 2 is 1.00 bits per heavy atom. The molecular formula is C52H90O9. The molecule has 0 radical (unpaired) electrons. The Morgan fingerprint density at radius 3 is 1.52 bits per heavy atom. The molecule has 1 aliphatic heterocycles. The summed E-state index contributed by atoms with van der Waals surface area (Å²) in [5.41, 5.74) is 0. The summed E-state index contributed by atoms with van der Waals surface area (Å²) in [7, 11) is 0. The molecule has 6 atom stereocenters. The summed E-state index contributed by atoms with van der Waals surface area (Å²) < 4.78 is 22.8. The molecule has 0 aromatic rings. The van der Waals surface area contributed by atoms with Gasteiger partial charge in [0.1, 0.15) is 30.5 Å². The first-order chi connectivity index (χ1) is 29.9. The minimum absolute atomic E-state index is 0.121. The van der Waals surface area contributed by atoms with E-state index in [2.05, 4.69) is 86.8 Å². The van der Waals surface area contributed by atoms with Gasteiger partial charge in [0.25, 0.3) is 0 Å². The number of esters is 1. The number of aliphatic hydroxyl groups excluding tert-OH is 4. The van der Waals surface area contributed by atoms with E-state index in [4.69, 9.17) is 18.9 Å². The molecule has 1 aliphatic rings. The fraction of sp³-hybridized carbons (Fsp3) is 0.750. The number of aliphatic hydroxyl groups is 4. The predicted octanol–water partition coefficient (Wildman–Crippen LogP) is 11.6. The Hall–Kier alpha value is -2.37. The molecule has 9 heteroatoms. The van der Waals surface area contributed by atoms with E-state index in [1.807, 2.05) is 0 Å². The van der Waals surface area contributed by atoms with Crippen LogP contribution in [0.1, 0.15) is 187 Å². The van der Waals surface area contributed by atoms with Crippen LogP contribution >= 0.6 is 0 Å². The summed E-state index contributed by atoms with van der Waals surface area (Å²) in [6.07, 6.45) is 49.4. The van der Waals surface area contributed by atoms with E-state index < -0.39 is 43.4 Å². The van der Waals surface area contributed by atoms with Gasteiger partial charge in [-0.15, -0.1) is 0 Å². The van der Waals surface area contributed by atoms with E-state index >= 15 is 0 Å². The molecule has 0 aromatic carbocycles. The van der Waals surface area contributed by atoms with Crippen LogP contribution in [0, 0.1) is 0 Å². The normalized spacial score (nSPS) is 20.5. The Labute approximate surface area is 372 Å². The van der Waals surface area contributed by atoms with Crippen molar-refractivity contribution in [3.05, 3.63) is 72.9 Å². The third-order valence-electron chi connectivity index (χ3n) is 10.9. The molecule has 1 saturated heterocycles. The van der Waals surface area contributed by atoms with E-state index in [0.29, 0.717) is 13.0 Å². The quantitative estimate of drug-likeness (QED) is 0.0269. The van der Waals surface area contributed by atoms with Gasteiger partial charge in [-0.1, -0.05) is 170 Å². The van der Waals surface area contributed by atoms with Gasteiger partial charge in [0.05, 0.1) is 19.8 Å². The Morgan fingerprint density at radius 1 is 0.541 bits per heavy atom. The topological polar surface area (TPSA) is 135 Å². The predicted molar refractivity (Wildman–Crippen MR) is 251 cm³/mol. The van der Waals surface area contributed by atoms with E-state index in [0.717, 1.165) is 83.5 Å². The van der Waals surface area contributed by atoms with E-state index in [-0.39, 0.29) is 19.2 Å². The van der Waals surface area contributed by atoms with Crippen LogP contribution in [0.5, 0.6) is 0 Å². The Balaban J connectivity index is 2.18. The first kappa shape index (κ1) is 56.6. The minimum atomic E-state index is -1.54. The summed E-state index contributed by atoms with van der Waals surface area (Å²) in [6, 6.07) is 0. The molecule has 6 unspecified atom stereocenters. The van der Waals surface area contributed by atoms with Crippen LogP contribution in [0.3, 0.4) is 0 Å². The fourth-order valence-electron chi connectivity index (χ4n) is 7.04. The lowest BCUT2D eigenvalue weighted by Gasteiger charge is -2.39. The summed E-state index contributed by atoms with van der Waals surface area (Å²) in [4.78, 5) is 12.8. The number of hydrogen-bond acceptors (Lipinski definition) is 9. The van der Waals surface area contributed by atoms with Crippen LogP contribution < -0.4 is 0 Å². The van der Waals surface area contributed by atoms with Crippen molar-refractivity contribution in [2.24, 2.45) is 0 Å². The summed E-state index contributed by atoms with van der Waals surface area (Å²) in [5, 5.41) is 40.2. The van der Waals surface area contributed by atoms with Crippen molar-refractivity contribution in [1.82, 2.24) is 0 Å². The van der Waals surface area contributed by atoms with Crippen LogP contribution in [0.4, 0.5) is 0 Å². The van der Waals surface area contributed by atoms with Gasteiger partial charge in [-0.2, -0.15) is 0 Å². The standard InChI is InChI=1S/C52H90O9/c1-3-5-7-9-11-13-15-17-18-19-20-21-22-23-24-25-26-27-28-29-30-32-34-36-38-40-42-58-44-46(45-59-52-51(57)50(56)49(55)47(43-53)61-52)60-48(54)41-39-37-35-33-31-16-14-12-10-8-6-4-2/h5,7,11-14,17-18,20-21,23-24,46-47,49-53,55-57H,3-4,6,8-10,15-16,19,22,25-45H2,1-2H3/b7-5-,13-11-,14-12-,18-17-,21-20-,24-23-. The number of unbranched alkanes of at least 4 members (excludes halogenated alkanes) is 18. The molecule has 0 saturated carbocycles. The lowest BCUT2D eigenvalue weighted by Crippen LogP contribution is -2.59. The molecule has 4 N–H and O–H groups in total. The highest BCUT2D eigenvalue weighted by atomic mass is 16.7. The highest BCUT2D eigenvalue weighted by Crippen LogP contribution is 2.22. The van der Waals surface area contributed by atoms with Crippen LogP contribution in [-0.2, 0) is 23.7 Å². The first-order valence-corrected chi connectivity index (χ1v) is 24.5. The van der Waals surface area contributed by atoms with Gasteiger partial charge in [0, 0.05) is 13.0 Å². The molecule has 0 amide bonds. The van der Waals surface area contributed by atoms with E-state index in [1.165, 1.54) is 83.5 Å². The summed E-state index contributed by atoms with van der Waals surface area (Å²) in [5.74, 6) is -0.327. The minimum Gasteiger partial charge on any atom is -0.457 e. The number of ether oxygens (including phenoxy) is 4. The molecular weight excluding hydrogens is 769 g/mol. The largest absolute Gasteiger partial charge is 0.457 e. The van der Waals surface area contributed by atoms with Crippen molar-refractivity contribution in [2.75, 3.05) is 26.4 Å². The molecule has 0 aliphatic carbocycles. The Bertz CT molecular complexity index is 1160. The molecule has 1 heterocycles. The zero-order valence-corrected chi connectivity index (χ0v) is 38.6. The van der Waals surface area contributed by atoms with Crippen LogP contribution in [-0.4, -0.2) is 89.6 Å². The highest BCUT2D eigenvalue weighted by molar-refractivity contribution is 5.69. The van der Waals surface area contributed by atoms with Crippen molar-refractivity contribution >= 4 is 5.97 Å². The van der Waals surface area contributed by atoms with Gasteiger partial charge in [-0.05, 0) is 83.5 Å². The zero-order valence-electron chi connectivity index (χ0n) is 38.6. The van der Waals surface area contributed by atoms with Gasteiger partial charge in [0.2, 0.25) is 0 Å². The van der Waals surface area contributed by atoms with Crippen molar-refractivity contribution in [3.8, 4) is 0 Å². The van der Waals surface area contributed by atoms with Gasteiger partial charge in [-0.3, -0.25) is 4.79 Å². The first-order valence-electron chi connectivity index (χ1n) is 24.5. The maximum absolute atomic E-state index is 12.8. The smallest absolute Gasteiger partial charge is 0.306 e. The van der Waals surface area contributed by atoms with Crippen molar-refractivity contribution in [1.29, 1.82) is 0 Å². The number of rotatable bonds is 41. The van der Waals surface area contributed by atoms with Gasteiger partial charge >= 0.3 is 5.97 Å².